The Balaban J connectivity index is 2.46. The molecule has 0 saturated carbocycles. The van der Waals surface area contributed by atoms with Crippen molar-refractivity contribution in [2.45, 2.75) is 6.04 Å². The van der Waals surface area contributed by atoms with Crippen molar-refractivity contribution in [1.82, 2.24) is 0 Å². The van der Waals surface area contributed by atoms with Crippen molar-refractivity contribution in [2.24, 2.45) is 5.73 Å². The number of halogens is 1. The molecule has 4 heteroatoms. The lowest BCUT2D eigenvalue weighted by molar-refractivity contribution is 0.406. The van der Waals surface area contributed by atoms with Crippen LogP contribution in [-0.4, -0.2) is 14.2 Å². The fourth-order valence-corrected chi connectivity index (χ4v) is 2.47. The van der Waals surface area contributed by atoms with E-state index in [9.17, 15) is 0 Å². The van der Waals surface area contributed by atoms with Gasteiger partial charge in [0, 0.05) is 10.0 Å². The minimum atomic E-state index is -0.277. The number of nitrogens with two attached hydrogens (primary N) is 1. The van der Waals surface area contributed by atoms with E-state index in [1.165, 1.54) is 0 Å². The number of hydrogen-bond donors (Lipinski definition) is 1. The van der Waals surface area contributed by atoms with E-state index in [-0.39, 0.29) is 6.04 Å². The molecular weight excluding hydrogens is 306 g/mol. The Morgan fingerprint density at radius 2 is 1.74 bits per heavy atom. The van der Waals surface area contributed by atoms with Gasteiger partial charge in [0.05, 0.1) is 20.3 Å². The second kappa shape index (κ2) is 6.08. The van der Waals surface area contributed by atoms with E-state index in [4.69, 9.17) is 15.2 Å². The van der Waals surface area contributed by atoms with Gasteiger partial charge in [-0.1, -0.05) is 34.1 Å². The maximum absolute atomic E-state index is 6.35. The smallest absolute Gasteiger partial charge is 0.123 e. The van der Waals surface area contributed by atoms with Crippen LogP contribution in [-0.2, 0) is 0 Å². The molecule has 100 valence electrons. The topological polar surface area (TPSA) is 44.5 Å². The molecule has 0 aliphatic heterocycles. The van der Waals surface area contributed by atoms with E-state index in [1.54, 1.807) is 14.2 Å². The average molecular weight is 322 g/mol. The van der Waals surface area contributed by atoms with Gasteiger partial charge < -0.3 is 15.2 Å². The van der Waals surface area contributed by atoms with Crippen molar-refractivity contribution >= 4 is 15.9 Å². The minimum Gasteiger partial charge on any atom is -0.497 e. The molecule has 0 aliphatic rings. The van der Waals surface area contributed by atoms with Crippen LogP contribution in [0.1, 0.15) is 17.2 Å². The van der Waals surface area contributed by atoms with Crippen molar-refractivity contribution in [1.29, 1.82) is 0 Å². The van der Waals surface area contributed by atoms with Crippen LogP contribution >= 0.6 is 15.9 Å². The highest BCUT2D eigenvalue weighted by molar-refractivity contribution is 9.10. The van der Waals surface area contributed by atoms with Crippen molar-refractivity contribution < 1.29 is 9.47 Å². The predicted molar refractivity (Wildman–Crippen MR) is 79.7 cm³/mol. The maximum Gasteiger partial charge on any atom is 0.123 e. The zero-order valence-corrected chi connectivity index (χ0v) is 12.5. The Kier molecular flexibility index (Phi) is 4.45. The molecule has 0 amide bonds. The van der Waals surface area contributed by atoms with Crippen LogP contribution in [0.3, 0.4) is 0 Å². The molecule has 0 radical (unpaired) electrons. The number of benzene rings is 2. The largest absolute Gasteiger partial charge is 0.497 e. The van der Waals surface area contributed by atoms with E-state index >= 15 is 0 Å². The van der Waals surface area contributed by atoms with Gasteiger partial charge in [0.1, 0.15) is 11.5 Å². The molecule has 0 spiro atoms. The normalized spacial score (nSPS) is 12.0. The predicted octanol–water partition coefficient (Wildman–Crippen LogP) is 3.51. The lowest BCUT2D eigenvalue weighted by Gasteiger charge is -2.18. The third-order valence-electron chi connectivity index (χ3n) is 3.01. The van der Waals surface area contributed by atoms with Crippen molar-refractivity contribution in [3.8, 4) is 11.5 Å². The molecule has 2 N–H and O–H groups in total. The summed E-state index contributed by atoms with van der Waals surface area (Å²) in [6, 6.07) is 13.2. The first-order chi connectivity index (χ1) is 9.17. The fourth-order valence-electron chi connectivity index (χ4n) is 1.98. The minimum absolute atomic E-state index is 0.277. The molecule has 3 nitrogen and oxygen atoms in total. The van der Waals surface area contributed by atoms with E-state index in [2.05, 4.69) is 15.9 Å². The summed E-state index contributed by atoms with van der Waals surface area (Å²) < 4.78 is 11.6. The number of para-hydroxylation sites is 1. The quantitative estimate of drug-likeness (QED) is 0.937. The van der Waals surface area contributed by atoms with Gasteiger partial charge in [0.15, 0.2) is 0 Å². The van der Waals surface area contributed by atoms with E-state index < -0.39 is 0 Å². The average Bonchev–Trinajstić information content (AvgIpc) is 2.47. The molecular formula is C15H16BrNO2. The van der Waals surface area contributed by atoms with Gasteiger partial charge in [-0.05, 0) is 29.8 Å². The SMILES string of the molecule is COc1ccc(Br)c(C(N)c2ccccc2OC)c1. The van der Waals surface area contributed by atoms with Gasteiger partial charge in [-0.15, -0.1) is 0 Å². The van der Waals surface area contributed by atoms with Crippen LogP contribution in [0, 0.1) is 0 Å². The zero-order valence-electron chi connectivity index (χ0n) is 10.9. The summed E-state index contributed by atoms with van der Waals surface area (Å²) in [5, 5.41) is 0. The van der Waals surface area contributed by atoms with Crippen LogP contribution in [0.5, 0.6) is 11.5 Å². The summed E-state index contributed by atoms with van der Waals surface area (Å²) in [7, 11) is 3.29. The number of ether oxygens (including phenoxy) is 2. The Bertz CT molecular complexity index is 572. The first kappa shape index (κ1) is 13.9. The van der Waals surface area contributed by atoms with Crippen LogP contribution in [0.2, 0.25) is 0 Å². The van der Waals surface area contributed by atoms with E-state index in [1.807, 2.05) is 42.5 Å². The van der Waals surface area contributed by atoms with Gasteiger partial charge in [0.25, 0.3) is 0 Å². The molecule has 0 aliphatic carbocycles. The lowest BCUT2D eigenvalue weighted by atomic mass is 9.98. The highest BCUT2D eigenvalue weighted by Gasteiger charge is 2.16. The van der Waals surface area contributed by atoms with Crippen molar-refractivity contribution in [2.75, 3.05) is 14.2 Å². The summed E-state index contributed by atoms with van der Waals surface area (Å²) in [6.45, 7) is 0. The zero-order chi connectivity index (χ0) is 13.8. The van der Waals surface area contributed by atoms with Gasteiger partial charge in [0.2, 0.25) is 0 Å². The molecule has 1 unspecified atom stereocenters. The molecule has 0 aromatic heterocycles. The van der Waals surface area contributed by atoms with Crippen LogP contribution < -0.4 is 15.2 Å². The van der Waals surface area contributed by atoms with Crippen LogP contribution in [0.15, 0.2) is 46.9 Å². The first-order valence-corrected chi connectivity index (χ1v) is 6.68. The Hall–Kier alpha value is -1.52. The molecule has 0 fully saturated rings. The standard InChI is InChI=1S/C15H16BrNO2/c1-18-10-7-8-13(16)12(9-10)15(17)11-5-3-4-6-14(11)19-2/h3-9,15H,17H2,1-2H3. The molecule has 0 saturated heterocycles. The number of rotatable bonds is 4. The second-order valence-corrected chi connectivity index (χ2v) is 4.96. The number of methoxy groups -OCH3 is 2. The monoisotopic (exact) mass is 321 g/mol. The fraction of sp³-hybridized carbons (Fsp3) is 0.200. The van der Waals surface area contributed by atoms with Crippen LogP contribution in [0.25, 0.3) is 0 Å². The summed E-state index contributed by atoms with van der Waals surface area (Å²) in [6.07, 6.45) is 0. The third kappa shape index (κ3) is 2.91. The molecule has 2 rings (SSSR count). The summed E-state index contributed by atoms with van der Waals surface area (Å²) in [5.74, 6) is 1.56. The molecule has 1 atom stereocenters. The second-order valence-electron chi connectivity index (χ2n) is 4.11. The Morgan fingerprint density at radius 1 is 1.00 bits per heavy atom. The number of hydrogen-bond acceptors (Lipinski definition) is 3. The lowest BCUT2D eigenvalue weighted by Crippen LogP contribution is -2.13. The third-order valence-corrected chi connectivity index (χ3v) is 3.73. The maximum atomic E-state index is 6.35. The molecule has 0 heterocycles. The summed E-state index contributed by atoms with van der Waals surface area (Å²) >= 11 is 3.53. The van der Waals surface area contributed by atoms with Crippen molar-refractivity contribution in [3.63, 3.8) is 0 Å². The van der Waals surface area contributed by atoms with E-state index in [0.717, 1.165) is 27.1 Å². The Morgan fingerprint density at radius 3 is 2.42 bits per heavy atom. The highest BCUT2D eigenvalue weighted by Crippen LogP contribution is 2.33. The van der Waals surface area contributed by atoms with Gasteiger partial charge in [-0.2, -0.15) is 0 Å². The van der Waals surface area contributed by atoms with Gasteiger partial charge in [-0.3, -0.25) is 0 Å². The Labute approximate surface area is 121 Å². The molecule has 0 bridgehead atoms. The van der Waals surface area contributed by atoms with Gasteiger partial charge in [-0.25, -0.2) is 0 Å². The van der Waals surface area contributed by atoms with Crippen molar-refractivity contribution in [3.05, 3.63) is 58.1 Å². The summed E-state index contributed by atoms with van der Waals surface area (Å²) in [4.78, 5) is 0. The van der Waals surface area contributed by atoms with E-state index in [0.29, 0.717) is 0 Å². The first-order valence-electron chi connectivity index (χ1n) is 5.89. The van der Waals surface area contributed by atoms with Gasteiger partial charge >= 0.3 is 0 Å². The molecule has 2 aromatic rings. The van der Waals surface area contributed by atoms with Crippen LogP contribution in [0.4, 0.5) is 0 Å². The highest BCUT2D eigenvalue weighted by atomic mass is 79.9. The molecule has 19 heavy (non-hydrogen) atoms. The molecule has 2 aromatic carbocycles. The summed E-state index contributed by atoms with van der Waals surface area (Å²) in [5.41, 5.74) is 8.26.